The second kappa shape index (κ2) is 4.00. The second-order valence-corrected chi connectivity index (χ2v) is 8.73. The molecule has 0 radical (unpaired) electrons. The number of hydrogen-bond donors (Lipinski definition) is 1. The van der Waals surface area contributed by atoms with Crippen molar-refractivity contribution < 1.29 is 12.8 Å². The number of halogens is 2. The van der Waals surface area contributed by atoms with E-state index >= 15 is 0 Å². The molecule has 8 heteroatoms. The normalized spacial score (nSPS) is 30.1. The maximum Gasteiger partial charge on any atom is 0.218 e. The molecule has 2 aliphatic rings. The second-order valence-electron chi connectivity index (χ2n) is 5.52. The fourth-order valence-electron chi connectivity index (χ4n) is 2.69. The highest BCUT2D eigenvalue weighted by Crippen LogP contribution is 2.50. The van der Waals surface area contributed by atoms with Crippen molar-refractivity contribution in [2.75, 3.05) is 5.75 Å². The van der Waals surface area contributed by atoms with Gasteiger partial charge < -0.3 is 5.73 Å². The van der Waals surface area contributed by atoms with Crippen LogP contribution in [0.5, 0.6) is 0 Å². The topological polar surface area (TPSA) is 85.4 Å². The molecule has 3 rings (SSSR count). The third kappa shape index (κ3) is 1.81. The lowest BCUT2D eigenvalue weighted by Gasteiger charge is -2.34. The molecular formula is C12H13BrFN3O2S. The van der Waals surface area contributed by atoms with E-state index in [0.29, 0.717) is 17.3 Å². The smallest absolute Gasteiger partial charge is 0.218 e. The van der Waals surface area contributed by atoms with Crippen molar-refractivity contribution in [3.05, 3.63) is 28.2 Å². The monoisotopic (exact) mass is 361 g/mol. The third-order valence-corrected chi connectivity index (χ3v) is 7.17. The molecule has 0 saturated heterocycles. The molecule has 1 aliphatic carbocycles. The Balaban J connectivity index is 2.19. The highest BCUT2D eigenvalue weighted by molar-refractivity contribution is 9.10. The average Bonchev–Trinajstić information content (AvgIpc) is 3.11. The standard InChI is InChI=1S/C12H13BrFN3O2S/c1-11(8-4-7(13)5-16-9(8)14)6-20(18,19)12(2-3-12)10(15)17-11/h4-5H,2-3,6H2,1H3,(H2,15,17). The summed E-state index contributed by atoms with van der Waals surface area (Å²) in [5.41, 5.74) is 4.76. The quantitative estimate of drug-likeness (QED) is 0.768. The van der Waals surface area contributed by atoms with Crippen LogP contribution in [0.25, 0.3) is 0 Å². The number of hydrogen-bond acceptors (Lipinski definition) is 5. The molecule has 0 bridgehead atoms. The first-order valence-corrected chi connectivity index (χ1v) is 8.54. The Morgan fingerprint density at radius 2 is 2.10 bits per heavy atom. The van der Waals surface area contributed by atoms with Crippen LogP contribution in [0, 0.1) is 5.95 Å². The van der Waals surface area contributed by atoms with E-state index in [1.165, 1.54) is 12.3 Å². The van der Waals surface area contributed by atoms with E-state index in [1.807, 2.05) is 0 Å². The van der Waals surface area contributed by atoms with Gasteiger partial charge in [0.25, 0.3) is 0 Å². The molecule has 20 heavy (non-hydrogen) atoms. The van der Waals surface area contributed by atoms with Crippen LogP contribution in [0.2, 0.25) is 0 Å². The van der Waals surface area contributed by atoms with E-state index in [-0.39, 0.29) is 17.2 Å². The van der Waals surface area contributed by atoms with E-state index in [9.17, 15) is 12.8 Å². The number of aliphatic imine (C=N–C) groups is 1. The minimum absolute atomic E-state index is 0.0885. The Morgan fingerprint density at radius 3 is 2.65 bits per heavy atom. The van der Waals surface area contributed by atoms with Crippen molar-refractivity contribution >= 4 is 31.6 Å². The molecule has 1 spiro atoms. The fourth-order valence-corrected chi connectivity index (χ4v) is 5.34. The summed E-state index contributed by atoms with van der Waals surface area (Å²) in [6, 6.07) is 1.50. The Hall–Kier alpha value is -1.02. The van der Waals surface area contributed by atoms with Gasteiger partial charge >= 0.3 is 0 Å². The van der Waals surface area contributed by atoms with Gasteiger partial charge in [0.1, 0.15) is 16.1 Å². The van der Waals surface area contributed by atoms with Crippen LogP contribution in [-0.4, -0.2) is 29.7 Å². The molecular weight excluding hydrogens is 349 g/mol. The van der Waals surface area contributed by atoms with Gasteiger partial charge in [-0.3, -0.25) is 4.99 Å². The number of rotatable bonds is 1. The summed E-state index contributed by atoms with van der Waals surface area (Å²) in [6.45, 7) is 1.57. The van der Waals surface area contributed by atoms with Crippen molar-refractivity contribution in [2.45, 2.75) is 30.1 Å². The lowest BCUT2D eigenvalue weighted by molar-refractivity contribution is 0.469. The van der Waals surface area contributed by atoms with Crippen LogP contribution in [-0.2, 0) is 15.4 Å². The van der Waals surface area contributed by atoms with Crippen molar-refractivity contribution in [2.24, 2.45) is 10.7 Å². The Labute approximate surface area is 124 Å². The molecule has 1 aromatic rings. The Kier molecular flexibility index (Phi) is 2.79. The van der Waals surface area contributed by atoms with Gasteiger partial charge in [0.05, 0.1) is 5.75 Å². The van der Waals surface area contributed by atoms with Gasteiger partial charge in [0, 0.05) is 16.2 Å². The molecule has 1 saturated carbocycles. The summed E-state index contributed by atoms with van der Waals surface area (Å²) in [6.07, 6.45) is 2.31. The van der Waals surface area contributed by atoms with Gasteiger partial charge in [-0.2, -0.15) is 4.39 Å². The molecule has 1 fully saturated rings. The van der Waals surface area contributed by atoms with Crippen molar-refractivity contribution in [1.29, 1.82) is 0 Å². The van der Waals surface area contributed by atoms with E-state index in [0.717, 1.165) is 0 Å². The van der Waals surface area contributed by atoms with E-state index in [2.05, 4.69) is 25.9 Å². The first kappa shape index (κ1) is 13.9. The Bertz CT molecular complexity index is 730. The average molecular weight is 362 g/mol. The van der Waals surface area contributed by atoms with Gasteiger partial charge in [0.2, 0.25) is 5.95 Å². The molecule has 0 amide bonds. The first-order valence-electron chi connectivity index (χ1n) is 6.10. The van der Waals surface area contributed by atoms with Crippen LogP contribution >= 0.6 is 15.9 Å². The minimum atomic E-state index is -3.45. The van der Waals surface area contributed by atoms with Crippen LogP contribution in [0.15, 0.2) is 21.7 Å². The summed E-state index contributed by atoms with van der Waals surface area (Å²) >= 11 is 3.21. The van der Waals surface area contributed by atoms with Gasteiger partial charge in [-0.1, -0.05) is 0 Å². The molecule has 108 valence electrons. The minimum Gasteiger partial charge on any atom is -0.386 e. The number of nitrogens with zero attached hydrogens (tertiary/aromatic N) is 2. The molecule has 1 atom stereocenters. The van der Waals surface area contributed by atoms with Crippen molar-refractivity contribution in [3.63, 3.8) is 0 Å². The molecule has 1 aliphatic heterocycles. The van der Waals surface area contributed by atoms with Gasteiger partial charge in [-0.05, 0) is 41.8 Å². The predicted molar refractivity (Wildman–Crippen MR) is 76.6 cm³/mol. The molecule has 0 aromatic carbocycles. The summed E-state index contributed by atoms with van der Waals surface area (Å²) < 4.78 is 38.4. The Morgan fingerprint density at radius 1 is 1.45 bits per heavy atom. The SMILES string of the molecule is CC1(c2cc(Br)cnc2F)CS(=O)(=O)C2(CC2)C(N)=N1. The zero-order valence-electron chi connectivity index (χ0n) is 10.7. The zero-order chi connectivity index (χ0) is 14.8. The highest BCUT2D eigenvalue weighted by Gasteiger charge is 2.62. The first-order chi connectivity index (χ1) is 9.20. The molecule has 2 N–H and O–H groups in total. The summed E-state index contributed by atoms with van der Waals surface area (Å²) in [5, 5.41) is 0. The molecule has 1 aromatic heterocycles. The predicted octanol–water partition coefficient (Wildman–Crippen LogP) is 1.52. The van der Waals surface area contributed by atoms with E-state index in [1.54, 1.807) is 6.92 Å². The number of aromatic nitrogens is 1. The van der Waals surface area contributed by atoms with Gasteiger partial charge in [0.15, 0.2) is 9.84 Å². The largest absolute Gasteiger partial charge is 0.386 e. The lowest BCUT2D eigenvalue weighted by Crippen LogP contribution is -2.50. The van der Waals surface area contributed by atoms with Crippen LogP contribution in [0.1, 0.15) is 25.3 Å². The number of pyridine rings is 1. The molecule has 1 unspecified atom stereocenters. The van der Waals surface area contributed by atoms with Crippen molar-refractivity contribution in [1.82, 2.24) is 4.98 Å². The number of sulfone groups is 1. The summed E-state index contributed by atoms with van der Waals surface area (Å²) in [7, 11) is -3.45. The maximum absolute atomic E-state index is 13.9. The van der Waals surface area contributed by atoms with Gasteiger partial charge in [-0.25, -0.2) is 13.4 Å². The third-order valence-electron chi connectivity index (χ3n) is 3.99. The molecule has 5 nitrogen and oxygen atoms in total. The van der Waals surface area contributed by atoms with Crippen LogP contribution in [0.3, 0.4) is 0 Å². The number of amidine groups is 1. The van der Waals surface area contributed by atoms with Gasteiger partial charge in [-0.15, -0.1) is 0 Å². The number of nitrogens with two attached hydrogens (primary N) is 1. The van der Waals surface area contributed by atoms with Crippen LogP contribution in [0.4, 0.5) is 4.39 Å². The summed E-state index contributed by atoms with van der Waals surface area (Å²) in [5.74, 6) is -0.893. The van der Waals surface area contributed by atoms with E-state index in [4.69, 9.17) is 5.73 Å². The van der Waals surface area contributed by atoms with E-state index < -0.39 is 26.1 Å². The lowest BCUT2D eigenvalue weighted by atomic mass is 9.95. The summed E-state index contributed by atoms with van der Waals surface area (Å²) in [4.78, 5) is 7.92. The maximum atomic E-state index is 13.9. The fraction of sp³-hybridized carbons (Fsp3) is 0.500. The highest BCUT2D eigenvalue weighted by atomic mass is 79.9. The zero-order valence-corrected chi connectivity index (χ0v) is 13.1. The van der Waals surface area contributed by atoms with Crippen LogP contribution < -0.4 is 5.73 Å². The molecule has 2 heterocycles. The van der Waals surface area contributed by atoms with Crippen molar-refractivity contribution in [3.8, 4) is 0 Å².